The molecule has 2 aromatic heterocycles. The molecule has 0 saturated carbocycles. The van der Waals surface area contributed by atoms with Crippen LogP contribution < -0.4 is 16.4 Å². The molecule has 0 saturated heterocycles. The summed E-state index contributed by atoms with van der Waals surface area (Å²) in [5.74, 6) is -0.175. The van der Waals surface area contributed by atoms with Gasteiger partial charge in [0.15, 0.2) is 0 Å². The molecule has 0 aliphatic heterocycles. The first kappa shape index (κ1) is 18.4. The first-order valence-corrected chi connectivity index (χ1v) is 9.06. The largest absolute Gasteiger partial charge is 0.494 e. The predicted molar refractivity (Wildman–Crippen MR) is 95.9 cm³/mol. The summed E-state index contributed by atoms with van der Waals surface area (Å²) >= 11 is 0. The lowest BCUT2D eigenvalue weighted by Crippen LogP contribution is -2.32. The van der Waals surface area contributed by atoms with Crippen molar-refractivity contribution in [3.63, 3.8) is 0 Å². The number of nitrogens with zero attached hydrogens (tertiary/aromatic N) is 2. The first-order valence-electron chi connectivity index (χ1n) is 7.51. The van der Waals surface area contributed by atoms with Gasteiger partial charge in [0.2, 0.25) is 15.9 Å². The van der Waals surface area contributed by atoms with E-state index in [0.717, 1.165) is 10.8 Å². The molecule has 3 aromatic rings. The number of H-pyrrole nitrogens is 1. The summed E-state index contributed by atoms with van der Waals surface area (Å²) in [6.07, 6.45) is 2.48. The molecule has 0 fully saturated rings. The van der Waals surface area contributed by atoms with E-state index in [0.29, 0.717) is 11.4 Å². The average molecular weight is 390 g/mol. The predicted octanol–water partition coefficient (Wildman–Crippen LogP) is 0.281. The maximum absolute atomic E-state index is 12.0. The van der Waals surface area contributed by atoms with Crippen molar-refractivity contribution in [1.29, 1.82) is 0 Å². The van der Waals surface area contributed by atoms with Crippen molar-refractivity contribution in [2.75, 3.05) is 0 Å². The molecule has 0 spiro atoms. The van der Waals surface area contributed by atoms with Gasteiger partial charge < -0.3 is 9.52 Å². The molecule has 2 heterocycles. The molecule has 0 radical (unpaired) electrons. The van der Waals surface area contributed by atoms with E-state index in [1.54, 1.807) is 12.1 Å². The van der Waals surface area contributed by atoms with E-state index in [9.17, 15) is 23.1 Å². The highest BCUT2D eigenvalue weighted by Crippen LogP contribution is 2.17. The van der Waals surface area contributed by atoms with E-state index in [2.05, 4.69) is 9.98 Å². The van der Waals surface area contributed by atoms with E-state index in [1.165, 1.54) is 30.5 Å². The van der Waals surface area contributed by atoms with Gasteiger partial charge in [0.1, 0.15) is 11.3 Å². The van der Waals surface area contributed by atoms with E-state index in [4.69, 9.17) is 9.56 Å². The number of aromatic amines is 1. The zero-order chi connectivity index (χ0) is 19.6. The Morgan fingerprint density at radius 1 is 1.22 bits per heavy atom. The quantitative estimate of drug-likeness (QED) is 0.530. The highest BCUT2D eigenvalue weighted by molar-refractivity contribution is 7.89. The van der Waals surface area contributed by atoms with Gasteiger partial charge in [0.25, 0.3) is 5.56 Å². The third kappa shape index (κ3) is 4.04. The lowest BCUT2D eigenvalue weighted by atomic mass is 10.3. The van der Waals surface area contributed by atoms with Crippen LogP contribution in [0.1, 0.15) is 11.3 Å². The van der Waals surface area contributed by atoms with Crippen molar-refractivity contribution in [2.24, 2.45) is 10.1 Å². The summed E-state index contributed by atoms with van der Waals surface area (Å²) in [6, 6.07) is 8.49. The van der Waals surface area contributed by atoms with E-state index >= 15 is 0 Å². The van der Waals surface area contributed by atoms with Crippen molar-refractivity contribution in [3.8, 4) is 5.88 Å². The number of benzene rings is 1. The zero-order valence-electron chi connectivity index (χ0n) is 13.7. The maximum Gasteiger partial charge on any atom is 0.331 e. The van der Waals surface area contributed by atoms with Gasteiger partial charge in [-0.2, -0.15) is 0 Å². The fraction of sp³-hybridized carbons (Fsp3) is 0.0625. The van der Waals surface area contributed by atoms with Crippen LogP contribution in [0.15, 0.2) is 66.6 Å². The van der Waals surface area contributed by atoms with Crippen LogP contribution in [0.4, 0.5) is 5.69 Å². The highest BCUT2D eigenvalue weighted by Gasteiger charge is 2.14. The number of hydrogen-bond donors (Lipinski definition) is 3. The van der Waals surface area contributed by atoms with Gasteiger partial charge in [-0.25, -0.2) is 18.4 Å². The fourth-order valence-electron chi connectivity index (χ4n) is 2.26. The van der Waals surface area contributed by atoms with Crippen molar-refractivity contribution >= 4 is 21.9 Å². The molecule has 0 unspecified atom stereocenters. The van der Waals surface area contributed by atoms with Gasteiger partial charge in [-0.1, -0.05) is 0 Å². The number of aromatic hydroxyl groups is 1. The summed E-state index contributed by atoms with van der Waals surface area (Å²) in [5.41, 5.74) is -1.55. The minimum atomic E-state index is -3.83. The van der Waals surface area contributed by atoms with Crippen LogP contribution >= 0.6 is 0 Å². The van der Waals surface area contributed by atoms with Gasteiger partial charge in [0, 0.05) is 6.21 Å². The number of primary sulfonamides is 1. The second kappa shape index (κ2) is 7.05. The van der Waals surface area contributed by atoms with Crippen molar-refractivity contribution in [2.45, 2.75) is 11.4 Å². The molecular formula is C16H14N4O6S. The summed E-state index contributed by atoms with van der Waals surface area (Å²) in [7, 11) is -3.83. The second-order valence-electron chi connectivity index (χ2n) is 5.46. The second-order valence-corrected chi connectivity index (χ2v) is 7.02. The maximum atomic E-state index is 12.0. The Morgan fingerprint density at radius 3 is 2.52 bits per heavy atom. The molecule has 0 bridgehead atoms. The van der Waals surface area contributed by atoms with Crippen LogP contribution in [0, 0.1) is 0 Å². The number of rotatable bonds is 5. The van der Waals surface area contributed by atoms with Crippen molar-refractivity contribution in [1.82, 2.24) is 9.55 Å². The van der Waals surface area contributed by atoms with Gasteiger partial charge in [-0.05, 0) is 36.4 Å². The summed E-state index contributed by atoms with van der Waals surface area (Å²) in [4.78, 5) is 29.9. The number of hydrogen-bond acceptors (Lipinski definition) is 7. The van der Waals surface area contributed by atoms with Crippen LogP contribution in [0.3, 0.4) is 0 Å². The van der Waals surface area contributed by atoms with Crippen LogP contribution in [-0.2, 0) is 16.6 Å². The number of aromatic nitrogens is 2. The minimum Gasteiger partial charge on any atom is -0.494 e. The molecule has 1 aromatic carbocycles. The lowest BCUT2D eigenvalue weighted by Gasteiger charge is -2.07. The Labute approximate surface area is 152 Å². The molecule has 11 heteroatoms. The van der Waals surface area contributed by atoms with Crippen molar-refractivity contribution in [3.05, 3.63) is 74.8 Å². The smallest absolute Gasteiger partial charge is 0.331 e. The molecular weight excluding hydrogens is 376 g/mol. The highest BCUT2D eigenvalue weighted by atomic mass is 32.2. The average Bonchev–Trinajstić information content (AvgIpc) is 3.11. The fourth-order valence-corrected chi connectivity index (χ4v) is 2.77. The van der Waals surface area contributed by atoms with E-state index in [-0.39, 0.29) is 17.0 Å². The molecule has 0 amide bonds. The SMILES string of the molecule is NS(=O)(=O)c1ccc(N=Cc2c(O)n(Cc3ccco3)c(=O)[nH]c2=O)cc1. The topological polar surface area (TPSA) is 161 Å². The number of nitrogens with one attached hydrogen (secondary N) is 1. The molecule has 140 valence electrons. The Balaban J connectivity index is 1.96. The van der Waals surface area contributed by atoms with Crippen LogP contribution in [0.25, 0.3) is 0 Å². The molecule has 0 aliphatic carbocycles. The molecule has 3 rings (SSSR count). The third-order valence-electron chi connectivity index (χ3n) is 3.61. The van der Waals surface area contributed by atoms with Crippen LogP contribution in [-0.4, -0.2) is 29.3 Å². The zero-order valence-corrected chi connectivity index (χ0v) is 14.5. The Morgan fingerprint density at radius 2 is 1.93 bits per heavy atom. The standard InChI is InChI=1S/C16H14N4O6S/c17-27(24,25)12-5-3-10(4-6-12)18-8-13-14(21)19-16(23)20(15(13)22)9-11-2-1-7-26-11/h1-8,22H,9H2,(H2,17,24,25)(H,19,21,23). The third-order valence-corrected chi connectivity index (χ3v) is 4.54. The number of aliphatic imine (C=N–C) groups is 1. The van der Waals surface area contributed by atoms with Crippen molar-refractivity contribution < 1.29 is 17.9 Å². The molecule has 27 heavy (non-hydrogen) atoms. The number of nitrogens with two attached hydrogens (primary N) is 1. The number of sulfonamides is 1. The summed E-state index contributed by atoms with van der Waals surface area (Å²) in [6.45, 7) is -0.0850. The normalized spacial score (nSPS) is 11.9. The monoisotopic (exact) mass is 390 g/mol. The Hall–Kier alpha value is -3.44. The van der Waals surface area contributed by atoms with Gasteiger partial charge in [0.05, 0.1) is 23.4 Å². The van der Waals surface area contributed by atoms with Crippen LogP contribution in [0.2, 0.25) is 0 Å². The van der Waals surface area contributed by atoms with E-state index in [1.807, 2.05) is 0 Å². The molecule has 0 atom stereocenters. The number of furan rings is 1. The van der Waals surface area contributed by atoms with Gasteiger partial charge in [-0.3, -0.25) is 19.3 Å². The summed E-state index contributed by atoms with van der Waals surface area (Å²) < 4.78 is 28.5. The first-order chi connectivity index (χ1) is 12.8. The van der Waals surface area contributed by atoms with Gasteiger partial charge in [-0.15, -0.1) is 0 Å². The van der Waals surface area contributed by atoms with E-state index < -0.39 is 27.2 Å². The summed E-state index contributed by atoms with van der Waals surface area (Å²) in [5, 5.41) is 15.3. The Bertz CT molecular complexity index is 1210. The van der Waals surface area contributed by atoms with Gasteiger partial charge >= 0.3 is 5.69 Å². The van der Waals surface area contributed by atoms with Crippen LogP contribution in [0.5, 0.6) is 5.88 Å². The minimum absolute atomic E-state index is 0.0850. The lowest BCUT2D eigenvalue weighted by molar-refractivity contribution is 0.392. The Kier molecular flexibility index (Phi) is 4.79. The molecule has 0 aliphatic rings. The molecule has 10 nitrogen and oxygen atoms in total. The molecule has 4 N–H and O–H groups in total.